The van der Waals surface area contributed by atoms with Crippen molar-refractivity contribution in [2.24, 2.45) is 0 Å². The van der Waals surface area contributed by atoms with Crippen LogP contribution in [-0.4, -0.2) is 27.4 Å². The number of aromatic nitrogens is 3. The molecular weight excluding hydrogens is 333 g/mol. The highest BCUT2D eigenvalue weighted by Crippen LogP contribution is 2.05. The van der Waals surface area contributed by atoms with Gasteiger partial charge in [0.05, 0.1) is 12.2 Å². The summed E-state index contributed by atoms with van der Waals surface area (Å²) in [6.45, 7) is 0.904. The Hall–Kier alpha value is -3.35. The fourth-order valence-corrected chi connectivity index (χ4v) is 2.30. The Bertz CT molecular complexity index is 855. The molecule has 3 aromatic rings. The van der Waals surface area contributed by atoms with Crippen LogP contribution in [0.2, 0.25) is 0 Å². The SMILES string of the molecule is O=C(NCCc1ccc(F)cc1)c1ccnc(NCc2ccccn2)n1. The number of pyridine rings is 1. The Kier molecular flexibility index (Phi) is 5.82. The van der Waals surface area contributed by atoms with Gasteiger partial charge >= 0.3 is 0 Å². The van der Waals surface area contributed by atoms with Gasteiger partial charge in [-0.3, -0.25) is 9.78 Å². The zero-order valence-electron chi connectivity index (χ0n) is 14.0. The summed E-state index contributed by atoms with van der Waals surface area (Å²) in [6, 6.07) is 13.4. The van der Waals surface area contributed by atoms with Crippen LogP contribution in [0.3, 0.4) is 0 Å². The van der Waals surface area contributed by atoms with Gasteiger partial charge in [0.25, 0.3) is 5.91 Å². The van der Waals surface area contributed by atoms with Crippen molar-refractivity contribution in [1.82, 2.24) is 20.3 Å². The lowest BCUT2D eigenvalue weighted by Crippen LogP contribution is -2.26. The summed E-state index contributed by atoms with van der Waals surface area (Å²) in [5, 5.41) is 5.84. The van der Waals surface area contributed by atoms with Gasteiger partial charge in [0.1, 0.15) is 11.5 Å². The average Bonchev–Trinajstić information content (AvgIpc) is 2.69. The molecule has 0 radical (unpaired) electrons. The summed E-state index contributed by atoms with van der Waals surface area (Å²) >= 11 is 0. The first-order valence-electron chi connectivity index (χ1n) is 8.20. The number of anilines is 1. The fourth-order valence-electron chi connectivity index (χ4n) is 2.30. The number of nitrogens with zero attached hydrogens (tertiary/aromatic N) is 3. The van der Waals surface area contributed by atoms with Crippen molar-refractivity contribution in [2.45, 2.75) is 13.0 Å². The van der Waals surface area contributed by atoms with Gasteiger partial charge in [-0.25, -0.2) is 14.4 Å². The molecule has 2 heterocycles. The van der Waals surface area contributed by atoms with E-state index in [4.69, 9.17) is 0 Å². The van der Waals surface area contributed by atoms with E-state index >= 15 is 0 Å². The molecule has 1 amide bonds. The third-order valence-electron chi connectivity index (χ3n) is 3.65. The molecule has 0 unspecified atom stereocenters. The second kappa shape index (κ2) is 8.66. The van der Waals surface area contributed by atoms with Crippen molar-refractivity contribution in [3.05, 3.63) is 83.7 Å². The number of carbonyl (C=O) groups is 1. The van der Waals surface area contributed by atoms with Gasteiger partial charge in [-0.2, -0.15) is 0 Å². The van der Waals surface area contributed by atoms with Gasteiger partial charge in [0.15, 0.2) is 0 Å². The summed E-state index contributed by atoms with van der Waals surface area (Å²) in [4.78, 5) is 24.7. The summed E-state index contributed by atoms with van der Waals surface area (Å²) < 4.78 is 12.9. The Balaban J connectivity index is 1.51. The first-order chi connectivity index (χ1) is 12.7. The molecule has 0 bridgehead atoms. The maximum Gasteiger partial charge on any atom is 0.270 e. The molecule has 26 heavy (non-hydrogen) atoms. The molecule has 0 aliphatic rings. The minimum atomic E-state index is -0.282. The van der Waals surface area contributed by atoms with E-state index in [2.05, 4.69) is 25.6 Å². The summed E-state index contributed by atoms with van der Waals surface area (Å²) in [6.07, 6.45) is 3.85. The topological polar surface area (TPSA) is 79.8 Å². The largest absolute Gasteiger partial charge is 0.350 e. The first-order valence-corrected chi connectivity index (χ1v) is 8.20. The number of halogens is 1. The smallest absolute Gasteiger partial charge is 0.270 e. The average molecular weight is 351 g/mol. The third-order valence-corrected chi connectivity index (χ3v) is 3.65. The van der Waals surface area contributed by atoms with Gasteiger partial charge in [-0.05, 0) is 42.3 Å². The molecule has 0 aliphatic heterocycles. The lowest BCUT2D eigenvalue weighted by Gasteiger charge is -2.07. The van der Waals surface area contributed by atoms with E-state index in [0.717, 1.165) is 11.3 Å². The normalized spacial score (nSPS) is 10.3. The van der Waals surface area contributed by atoms with Gasteiger partial charge in [0, 0.05) is 18.9 Å². The second-order valence-corrected chi connectivity index (χ2v) is 5.57. The van der Waals surface area contributed by atoms with E-state index in [9.17, 15) is 9.18 Å². The molecule has 0 atom stereocenters. The highest BCUT2D eigenvalue weighted by atomic mass is 19.1. The molecular formula is C19H18FN5O. The van der Waals surface area contributed by atoms with E-state index in [1.807, 2.05) is 18.2 Å². The molecule has 2 aromatic heterocycles. The number of rotatable bonds is 7. The number of nitrogens with one attached hydrogen (secondary N) is 2. The number of amides is 1. The van der Waals surface area contributed by atoms with Crippen molar-refractivity contribution >= 4 is 11.9 Å². The van der Waals surface area contributed by atoms with E-state index < -0.39 is 0 Å². The monoisotopic (exact) mass is 351 g/mol. The van der Waals surface area contributed by atoms with Crippen LogP contribution in [0.25, 0.3) is 0 Å². The lowest BCUT2D eigenvalue weighted by atomic mass is 10.1. The van der Waals surface area contributed by atoms with Crippen LogP contribution >= 0.6 is 0 Å². The van der Waals surface area contributed by atoms with E-state index in [-0.39, 0.29) is 17.4 Å². The molecule has 2 N–H and O–H groups in total. The summed E-state index contributed by atoms with van der Waals surface area (Å²) in [5.41, 5.74) is 2.08. The zero-order chi connectivity index (χ0) is 18.2. The van der Waals surface area contributed by atoms with Gasteiger partial charge < -0.3 is 10.6 Å². The third kappa shape index (κ3) is 5.07. The Morgan fingerprint density at radius 2 is 1.85 bits per heavy atom. The molecule has 0 fully saturated rings. The van der Waals surface area contributed by atoms with Crippen molar-refractivity contribution < 1.29 is 9.18 Å². The molecule has 0 aliphatic carbocycles. The molecule has 0 spiro atoms. The zero-order valence-corrected chi connectivity index (χ0v) is 14.0. The van der Waals surface area contributed by atoms with Crippen molar-refractivity contribution in [1.29, 1.82) is 0 Å². The molecule has 7 heteroatoms. The predicted molar refractivity (Wildman–Crippen MR) is 96.0 cm³/mol. The summed E-state index contributed by atoms with van der Waals surface area (Å²) in [5.74, 6) is -0.193. The van der Waals surface area contributed by atoms with Crippen molar-refractivity contribution in [2.75, 3.05) is 11.9 Å². The Morgan fingerprint density at radius 3 is 2.62 bits per heavy atom. The standard InChI is InChI=1S/C19H18FN5O/c20-15-6-4-14(5-7-15)8-11-22-18(26)17-9-12-23-19(25-17)24-13-16-3-1-2-10-21-16/h1-7,9-10,12H,8,11,13H2,(H,22,26)(H,23,24,25). The van der Waals surface area contributed by atoms with E-state index in [1.165, 1.54) is 18.3 Å². The Morgan fingerprint density at radius 1 is 1.00 bits per heavy atom. The van der Waals surface area contributed by atoms with E-state index in [0.29, 0.717) is 25.5 Å². The van der Waals surface area contributed by atoms with Gasteiger partial charge in [-0.1, -0.05) is 18.2 Å². The quantitative estimate of drug-likeness (QED) is 0.684. The van der Waals surface area contributed by atoms with Crippen LogP contribution < -0.4 is 10.6 Å². The van der Waals surface area contributed by atoms with Crippen LogP contribution in [0, 0.1) is 5.82 Å². The lowest BCUT2D eigenvalue weighted by molar-refractivity contribution is 0.0949. The number of carbonyl (C=O) groups excluding carboxylic acids is 1. The van der Waals surface area contributed by atoms with Crippen LogP contribution in [0.5, 0.6) is 0 Å². The van der Waals surface area contributed by atoms with E-state index in [1.54, 1.807) is 24.4 Å². The fraction of sp³-hybridized carbons (Fsp3) is 0.158. The summed E-state index contributed by atoms with van der Waals surface area (Å²) in [7, 11) is 0. The van der Waals surface area contributed by atoms with Crippen LogP contribution in [0.4, 0.5) is 10.3 Å². The number of hydrogen-bond donors (Lipinski definition) is 2. The molecule has 3 rings (SSSR count). The molecule has 132 valence electrons. The molecule has 0 saturated heterocycles. The van der Waals surface area contributed by atoms with Crippen molar-refractivity contribution in [3.63, 3.8) is 0 Å². The number of hydrogen-bond acceptors (Lipinski definition) is 5. The maximum absolute atomic E-state index is 12.9. The molecule has 0 saturated carbocycles. The minimum absolute atomic E-state index is 0.274. The predicted octanol–water partition coefficient (Wildman–Crippen LogP) is 2.60. The van der Waals surface area contributed by atoms with Crippen LogP contribution in [0.1, 0.15) is 21.7 Å². The Labute approximate surface area is 150 Å². The molecule has 6 nitrogen and oxygen atoms in total. The highest BCUT2D eigenvalue weighted by Gasteiger charge is 2.08. The first kappa shape index (κ1) is 17.5. The van der Waals surface area contributed by atoms with Crippen LogP contribution in [-0.2, 0) is 13.0 Å². The van der Waals surface area contributed by atoms with Gasteiger partial charge in [0.2, 0.25) is 5.95 Å². The maximum atomic E-state index is 12.9. The second-order valence-electron chi connectivity index (χ2n) is 5.57. The number of benzene rings is 1. The van der Waals surface area contributed by atoms with Gasteiger partial charge in [-0.15, -0.1) is 0 Å². The van der Waals surface area contributed by atoms with Crippen LogP contribution in [0.15, 0.2) is 60.9 Å². The minimum Gasteiger partial charge on any atom is -0.350 e. The van der Waals surface area contributed by atoms with Crippen molar-refractivity contribution in [3.8, 4) is 0 Å². The highest BCUT2D eigenvalue weighted by molar-refractivity contribution is 5.92. The molecule has 1 aromatic carbocycles.